The zero-order valence-electron chi connectivity index (χ0n) is 20.7. The smallest absolute Gasteiger partial charge is 0.408 e. The van der Waals surface area contributed by atoms with E-state index in [-0.39, 0.29) is 13.1 Å². The van der Waals surface area contributed by atoms with Crippen molar-refractivity contribution >= 4 is 23.9 Å². The van der Waals surface area contributed by atoms with Crippen LogP contribution in [0.2, 0.25) is 0 Å². The van der Waals surface area contributed by atoms with E-state index < -0.39 is 35.5 Å². The summed E-state index contributed by atoms with van der Waals surface area (Å²) >= 11 is 0. The molecule has 33 heavy (non-hydrogen) atoms. The van der Waals surface area contributed by atoms with Gasteiger partial charge in [-0.3, -0.25) is 14.4 Å². The van der Waals surface area contributed by atoms with Crippen molar-refractivity contribution < 1.29 is 28.7 Å². The summed E-state index contributed by atoms with van der Waals surface area (Å²) < 4.78 is 9.80. The van der Waals surface area contributed by atoms with E-state index >= 15 is 0 Å². The van der Waals surface area contributed by atoms with Crippen LogP contribution in [0.25, 0.3) is 0 Å². The average Bonchev–Trinajstić information content (AvgIpc) is 2.73. The van der Waals surface area contributed by atoms with Gasteiger partial charge in [0, 0.05) is 6.54 Å². The quantitative estimate of drug-likeness (QED) is 0.516. The zero-order valence-corrected chi connectivity index (χ0v) is 20.7. The number of amides is 3. The monoisotopic (exact) mass is 463 g/mol. The van der Waals surface area contributed by atoms with Crippen molar-refractivity contribution in [2.75, 3.05) is 26.7 Å². The molecule has 0 fully saturated rings. The van der Waals surface area contributed by atoms with E-state index in [1.807, 2.05) is 32.9 Å². The maximum atomic E-state index is 13.2. The third kappa shape index (κ3) is 9.51. The molecule has 0 aliphatic heterocycles. The fourth-order valence-corrected chi connectivity index (χ4v) is 3.03. The molecule has 0 saturated carbocycles. The molecule has 9 heteroatoms. The number of hydrogen-bond donors (Lipinski definition) is 2. The number of nitrogens with one attached hydrogen (secondary N) is 2. The summed E-state index contributed by atoms with van der Waals surface area (Å²) in [6.45, 7) is 10.7. The van der Waals surface area contributed by atoms with Crippen molar-refractivity contribution in [1.29, 1.82) is 0 Å². The van der Waals surface area contributed by atoms with E-state index in [1.165, 1.54) is 12.0 Å². The third-order valence-electron chi connectivity index (χ3n) is 4.90. The van der Waals surface area contributed by atoms with Crippen LogP contribution in [0.3, 0.4) is 0 Å². The van der Waals surface area contributed by atoms with Crippen LogP contribution in [0.15, 0.2) is 18.2 Å². The minimum absolute atomic E-state index is 0.300. The Kier molecular flexibility index (Phi) is 10.8. The molecule has 0 saturated heterocycles. The van der Waals surface area contributed by atoms with Crippen molar-refractivity contribution in [2.45, 2.75) is 66.0 Å². The molecular formula is C24H37N3O6. The van der Waals surface area contributed by atoms with Crippen LogP contribution in [0.1, 0.15) is 63.3 Å². The van der Waals surface area contributed by atoms with Gasteiger partial charge in [-0.25, -0.2) is 4.79 Å². The first-order valence-electron chi connectivity index (χ1n) is 11.1. The SMILES string of the molecule is CCCCN(C(=O)CNC(=O)OC(C)(C)C)C(C(=O)NCC(=O)OC)c1ccc(C)c(C)c1. The molecule has 9 nitrogen and oxygen atoms in total. The molecule has 3 amide bonds. The van der Waals surface area contributed by atoms with E-state index in [0.29, 0.717) is 18.5 Å². The van der Waals surface area contributed by atoms with Crippen molar-refractivity contribution in [1.82, 2.24) is 15.5 Å². The Labute approximate surface area is 196 Å². The number of carbonyl (C=O) groups is 4. The highest BCUT2D eigenvalue weighted by molar-refractivity contribution is 5.91. The normalized spacial score (nSPS) is 11.8. The number of ether oxygens (including phenoxy) is 2. The summed E-state index contributed by atoms with van der Waals surface area (Å²) in [4.78, 5) is 51.4. The predicted molar refractivity (Wildman–Crippen MR) is 125 cm³/mol. The Morgan fingerprint density at radius 1 is 1.03 bits per heavy atom. The van der Waals surface area contributed by atoms with Gasteiger partial charge in [0.1, 0.15) is 24.7 Å². The topological polar surface area (TPSA) is 114 Å². The van der Waals surface area contributed by atoms with Gasteiger partial charge < -0.3 is 25.0 Å². The highest BCUT2D eigenvalue weighted by Gasteiger charge is 2.32. The molecule has 1 unspecified atom stereocenters. The van der Waals surface area contributed by atoms with Gasteiger partial charge >= 0.3 is 12.1 Å². The minimum atomic E-state index is -0.978. The number of carbonyl (C=O) groups excluding carboxylic acids is 4. The van der Waals surface area contributed by atoms with Gasteiger partial charge in [-0.2, -0.15) is 0 Å². The van der Waals surface area contributed by atoms with E-state index in [1.54, 1.807) is 26.8 Å². The first-order chi connectivity index (χ1) is 15.4. The van der Waals surface area contributed by atoms with Crippen LogP contribution >= 0.6 is 0 Å². The van der Waals surface area contributed by atoms with Gasteiger partial charge in [-0.15, -0.1) is 0 Å². The fraction of sp³-hybridized carbons (Fsp3) is 0.583. The molecule has 0 bridgehead atoms. The van der Waals surface area contributed by atoms with Crippen LogP contribution in [-0.4, -0.2) is 61.1 Å². The number of methoxy groups -OCH3 is 1. The summed E-state index contributed by atoms with van der Waals surface area (Å²) in [5.41, 5.74) is 1.92. The van der Waals surface area contributed by atoms with Crippen molar-refractivity contribution in [2.24, 2.45) is 0 Å². The number of benzene rings is 1. The number of esters is 1. The minimum Gasteiger partial charge on any atom is -0.468 e. The van der Waals surface area contributed by atoms with Gasteiger partial charge in [0.25, 0.3) is 0 Å². The molecule has 0 aliphatic rings. The molecule has 184 valence electrons. The summed E-state index contributed by atoms with van der Waals surface area (Å²) in [5.74, 6) is -1.55. The molecule has 1 aromatic rings. The molecule has 0 aromatic heterocycles. The lowest BCUT2D eigenvalue weighted by Crippen LogP contribution is -2.48. The Morgan fingerprint density at radius 3 is 2.24 bits per heavy atom. The largest absolute Gasteiger partial charge is 0.468 e. The molecule has 0 aliphatic carbocycles. The Morgan fingerprint density at radius 2 is 1.70 bits per heavy atom. The Bertz CT molecular complexity index is 847. The molecule has 1 rings (SSSR count). The molecule has 1 atom stereocenters. The first-order valence-corrected chi connectivity index (χ1v) is 11.1. The van der Waals surface area contributed by atoms with Crippen molar-refractivity contribution in [3.63, 3.8) is 0 Å². The number of unbranched alkanes of at least 4 members (excludes halogenated alkanes) is 1. The molecule has 2 N–H and O–H groups in total. The lowest BCUT2D eigenvalue weighted by molar-refractivity contribution is -0.143. The van der Waals surface area contributed by atoms with Crippen molar-refractivity contribution in [3.8, 4) is 0 Å². The van der Waals surface area contributed by atoms with Gasteiger partial charge in [0.2, 0.25) is 11.8 Å². The first kappa shape index (κ1) is 27.9. The van der Waals surface area contributed by atoms with Gasteiger partial charge in [0.15, 0.2) is 0 Å². The maximum absolute atomic E-state index is 13.2. The lowest BCUT2D eigenvalue weighted by atomic mass is 9.98. The zero-order chi connectivity index (χ0) is 25.2. The van der Waals surface area contributed by atoms with Crippen LogP contribution in [0, 0.1) is 13.8 Å². The summed E-state index contributed by atoms with van der Waals surface area (Å²) in [6, 6.07) is 4.55. The molecule has 0 radical (unpaired) electrons. The lowest BCUT2D eigenvalue weighted by Gasteiger charge is -2.32. The average molecular weight is 464 g/mol. The molecular weight excluding hydrogens is 426 g/mol. The van der Waals surface area contributed by atoms with Gasteiger partial charge in [-0.05, 0) is 57.7 Å². The van der Waals surface area contributed by atoms with Crippen LogP contribution in [0.5, 0.6) is 0 Å². The third-order valence-corrected chi connectivity index (χ3v) is 4.90. The highest BCUT2D eigenvalue weighted by Crippen LogP contribution is 2.24. The van der Waals surface area contributed by atoms with Crippen LogP contribution in [-0.2, 0) is 23.9 Å². The Balaban J connectivity index is 3.22. The molecule has 1 aromatic carbocycles. The highest BCUT2D eigenvalue weighted by atomic mass is 16.6. The van der Waals surface area contributed by atoms with E-state index in [9.17, 15) is 19.2 Å². The van der Waals surface area contributed by atoms with Gasteiger partial charge in [-0.1, -0.05) is 31.5 Å². The number of hydrogen-bond acceptors (Lipinski definition) is 6. The van der Waals surface area contributed by atoms with Gasteiger partial charge in [0.05, 0.1) is 7.11 Å². The van der Waals surface area contributed by atoms with Crippen LogP contribution in [0.4, 0.5) is 4.79 Å². The second kappa shape index (κ2) is 12.8. The van der Waals surface area contributed by atoms with Crippen LogP contribution < -0.4 is 10.6 Å². The van der Waals surface area contributed by atoms with E-state index in [0.717, 1.165) is 17.5 Å². The number of aryl methyl sites for hydroxylation is 2. The van der Waals surface area contributed by atoms with E-state index in [2.05, 4.69) is 15.4 Å². The van der Waals surface area contributed by atoms with Crippen molar-refractivity contribution in [3.05, 3.63) is 34.9 Å². The number of alkyl carbamates (subject to hydrolysis) is 1. The predicted octanol–water partition coefficient (Wildman–Crippen LogP) is 2.79. The summed E-state index contributed by atoms with van der Waals surface area (Å²) in [5, 5.41) is 5.02. The second-order valence-corrected chi connectivity index (χ2v) is 8.84. The number of nitrogens with zero attached hydrogens (tertiary/aromatic N) is 1. The maximum Gasteiger partial charge on any atom is 0.408 e. The second-order valence-electron chi connectivity index (χ2n) is 8.84. The fourth-order valence-electron chi connectivity index (χ4n) is 3.03. The number of rotatable bonds is 10. The summed E-state index contributed by atoms with van der Waals surface area (Å²) in [6.07, 6.45) is 0.736. The molecule has 0 spiro atoms. The standard InChI is InChI=1S/C24H37N3O6/c1-8-9-12-27(19(28)14-26-23(31)33-24(4,5)6)21(22(30)25-15-20(29)32-7)18-11-10-16(2)17(3)13-18/h10-11,13,21H,8-9,12,14-15H2,1-7H3,(H,25,30)(H,26,31). The molecule has 0 heterocycles. The Hall–Kier alpha value is -3.10. The summed E-state index contributed by atoms with van der Waals surface area (Å²) in [7, 11) is 1.23. The van der Waals surface area contributed by atoms with E-state index in [4.69, 9.17) is 4.74 Å².